The maximum atomic E-state index is 12.9. The number of benzene rings is 1. The minimum absolute atomic E-state index is 0.295. The number of rotatable bonds is 3. The highest BCUT2D eigenvalue weighted by Gasteiger charge is 2.08. The van der Waals surface area contributed by atoms with Crippen LogP contribution in [0.2, 0.25) is 15.3 Å². The molecule has 0 aliphatic carbocycles. The first-order chi connectivity index (χ1) is 8.97. The Bertz CT molecular complexity index is 594. The molecule has 0 aliphatic heterocycles. The van der Waals surface area contributed by atoms with Crippen LogP contribution < -0.4 is 5.32 Å². The van der Waals surface area contributed by atoms with Gasteiger partial charge in [0.2, 0.25) is 0 Å². The van der Waals surface area contributed by atoms with Crippen molar-refractivity contribution in [2.24, 2.45) is 0 Å². The van der Waals surface area contributed by atoms with Crippen LogP contribution in [0.25, 0.3) is 0 Å². The van der Waals surface area contributed by atoms with Gasteiger partial charge in [0.15, 0.2) is 5.15 Å². The Labute approximate surface area is 125 Å². The van der Waals surface area contributed by atoms with Crippen molar-refractivity contribution in [1.29, 1.82) is 0 Å². The molecular formula is C13H10Cl3FN2. The number of anilines is 1. The highest BCUT2D eigenvalue weighted by molar-refractivity contribution is 6.34. The first-order valence-corrected chi connectivity index (χ1v) is 6.61. The molecule has 2 aromatic rings. The largest absolute Gasteiger partial charge is 0.378 e. The lowest BCUT2D eigenvalue weighted by atomic mass is 10.2. The molecule has 1 N–H and O–H groups in total. The molecular weight excluding hydrogens is 310 g/mol. The summed E-state index contributed by atoms with van der Waals surface area (Å²) in [6.07, 6.45) is 0. The van der Waals surface area contributed by atoms with Gasteiger partial charge in [0.05, 0.1) is 5.69 Å². The Balaban J connectivity index is 2.19. The van der Waals surface area contributed by atoms with Crippen LogP contribution in [0, 0.1) is 12.7 Å². The van der Waals surface area contributed by atoms with E-state index in [0.717, 1.165) is 11.1 Å². The number of aromatic nitrogens is 1. The van der Waals surface area contributed by atoms with E-state index in [9.17, 15) is 4.39 Å². The predicted molar refractivity (Wildman–Crippen MR) is 77.7 cm³/mol. The van der Waals surface area contributed by atoms with E-state index in [2.05, 4.69) is 10.3 Å². The average molecular weight is 320 g/mol. The number of hydrogen-bond donors (Lipinski definition) is 1. The van der Waals surface area contributed by atoms with E-state index >= 15 is 0 Å². The molecule has 0 fully saturated rings. The Morgan fingerprint density at radius 2 is 1.95 bits per heavy atom. The maximum Gasteiger partial charge on any atom is 0.154 e. The summed E-state index contributed by atoms with van der Waals surface area (Å²) in [4.78, 5) is 3.96. The molecule has 100 valence electrons. The Morgan fingerprint density at radius 3 is 2.58 bits per heavy atom. The second-order valence-electron chi connectivity index (χ2n) is 4.02. The van der Waals surface area contributed by atoms with Gasteiger partial charge in [-0.05, 0) is 36.2 Å². The lowest BCUT2D eigenvalue weighted by molar-refractivity contribution is 0.627. The van der Waals surface area contributed by atoms with Crippen molar-refractivity contribution in [2.75, 3.05) is 5.32 Å². The third kappa shape index (κ3) is 3.50. The number of aryl methyl sites for hydroxylation is 1. The second kappa shape index (κ2) is 5.95. The number of pyridine rings is 1. The summed E-state index contributed by atoms with van der Waals surface area (Å²) in [6.45, 7) is 2.29. The zero-order chi connectivity index (χ0) is 14.0. The van der Waals surface area contributed by atoms with Crippen molar-refractivity contribution in [1.82, 2.24) is 4.98 Å². The topological polar surface area (TPSA) is 24.9 Å². The van der Waals surface area contributed by atoms with Crippen molar-refractivity contribution in [3.05, 3.63) is 56.5 Å². The van der Waals surface area contributed by atoms with Crippen LogP contribution in [0.3, 0.4) is 0 Å². The van der Waals surface area contributed by atoms with Gasteiger partial charge < -0.3 is 5.32 Å². The van der Waals surface area contributed by atoms with Gasteiger partial charge in [0.1, 0.15) is 11.0 Å². The summed E-state index contributed by atoms with van der Waals surface area (Å²) >= 11 is 17.8. The minimum atomic E-state index is -0.365. The lowest BCUT2D eigenvalue weighted by Gasteiger charge is -2.12. The molecule has 0 bridgehead atoms. The van der Waals surface area contributed by atoms with E-state index in [-0.39, 0.29) is 5.82 Å². The average Bonchev–Trinajstić information content (AvgIpc) is 2.30. The van der Waals surface area contributed by atoms with Crippen LogP contribution in [-0.4, -0.2) is 4.98 Å². The van der Waals surface area contributed by atoms with Gasteiger partial charge in [-0.15, -0.1) is 0 Å². The van der Waals surface area contributed by atoms with Gasteiger partial charge >= 0.3 is 0 Å². The number of halogens is 4. The fraction of sp³-hybridized carbons (Fsp3) is 0.154. The minimum Gasteiger partial charge on any atom is -0.378 e. The standard InChI is InChI=1S/C13H10Cl3FN2/c1-7-4-11(15)19-13(16)12(7)18-6-8-2-3-9(17)5-10(8)14/h2-5,18H,6H2,1H3. The zero-order valence-corrected chi connectivity index (χ0v) is 12.2. The summed E-state index contributed by atoms with van der Waals surface area (Å²) in [5.74, 6) is -0.365. The van der Waals surface area contributed by atoms with Crippen molar-refractivity contribution < 1.29 is 4.39 Å². The molecule has 0 radical (unpaired) electrons. The number of hydrogen-bond acceptors (Lipinski definition) is 2. The van der Waals surface area contributed by atoms with Gasteiger partial charge in [0.25, 0.3) is 0 Å². The van der Waals surface area contributed by atoms with Crippen LogP contribution in [0.4, 0.5) is 10.1 Å². The molecule has 0 saturated carbocycles. The van der Waals surface area contributed by atoms with Gasteiger partial charge in [-0.3, -0.25) is 0 Å². The van der Waals surface area contributed by atoms with Crippen molar-refractivity contribution in [2.45, 2.75) is 13.5 Å². The molecule has 0 unspecified atom stereocenters. The van der Waals surface area contributed by atoms with Crippen LogP contribution in [-0.2, 0) is 6.54 Å². The molecule has 1 heterocycles. The Morgan fingerprint density at radius 1 is 1.21 bits per heavy atom. The van der Waals surface area contributed by atoms with E-state index < -0.39 is 0 Å². The van der Waals surface area contributed by atoms with E-state index in [1.165, 1.54) is 12.1 Å². The van der Waals surface area contributed by atoms with Gasteiger partial charge in [-0.1, -0.05) is 40.9 Å². The third-order valence-electron chi connectivity index (χ3n) is 2.61. The van der Waals surface area contributed by atoms with Crippen molar-refractivity contribution in [3.63, 3.8) is 0 Å². The van der Waals surface area contributed by atoms with Gasteiger partial charge in [0, 0.05) is 11.6 Å². The summed E-state index contributed by atoms with van der Waals surface area (Å²) in [6, 6.07) is 5.96. The van der Waals surface area contributed by atoms with E-state index in [1.807, 2.05) is 6.92 Å². The highest BCUT2D eigenvalue weighted by atomic mass is 35.5. The Kier molecular flexibility index (Phi) is 4.50. The quantitative estimate of drug-likeness (QED) is 0.796. The first-order valence-electron chi connectivity index (χ1n) is 5.48. The predicted octanol–water partition coefficient (Wildman–Crippen LogP) is 5.10. The molecule has 6 heteroatoms. The molecule has 0 aliphatic rings. The maximum absolute atomic E-state index is 12.9. The third-order valence-corrected chi connectivity index (χ3v) is 3.43. The SMILES string of the molecule is Cc1cc(Cl)nc(Cl)c1NCc1ccc(F)cc1Cl. The number of nitrogens with zero attached hydrogens (tertiary/aromatic N) is 1. The van der Waals surface area contributed by atoms with Crippen LogP contribution in [0.1, 0.15) is 11.1 Å². The number of nitrogens with one attached hydrogen (secondary N) is 1. The van der Waals surface area contributed by atoms with Crippen molar-refractivity contribution in [3.8, 4) is 0 Å². The van der Waals surface area contributed by atoms with Crippen LogP contribution in [0.15, 0.2) is 24.3 Å². The highest BCUT2D eigenvalue weighted by Crippen LogP contribution is 2.27. The molecule has 1 aromatic carbocycles. The van der Waals surface area contributed by atoms with Crippen LogP contribution >= 0.6 is 34.8 Å². The lowest BCUT2D eigenvalue weighted by Crippen LogP contribution is -2.03. The van der Waals surface area contributed by atoms with Gasteiger partial charge in [-0.2, -0.15) is 0 Å². The zero-order valence-electron chi connectivity index (χ0n) is 9.98. The van der Waals surface area contributed by atoms with Gasteiger partial charge in [-0.25, -0.2) is 9.37 Å². The second-order valence-corrected chi connectivity index (χ2v) is 5.17. The normalized spacial score (nSPS) is 10.6. The summed E-state index contributed by atoms with van der Waals surface area (Å²) in [7, 11) is 0. The van der Waals surface area contributed by atoms with Crippen molar-refractivity contribution >= 4 is 40.5 Å². The smallest absolute Gasteiger partial charge is 0.154 e. The molecule has 2 rings (SSSR count). The van der Waals surface area contributed by atoms with Crippen LogP contribution in [0.5, 0.6) is 0 Å². The monoisotopic (exact) mass is 318 g/mol. The van der Waals surface area contributed by atoms with E-state index in [1.54, 1.807) is 12.1 Å². The molecule has 2 nitrogen and oxygen atoms in total. The molecule has 0 saturated heterocycles. The summed E-state index contributed by atoms with van der Waals surface area (Å²) in [5.41, 5.74) is 2.34. The molecule has 1 aromatic heterocycles. The Hall–Kier alpha value is -1.03. The summed E-state index contributed by atoms with van der Waals surface area (Å²) in [5, 5.41) is 4.12. The molecule has 0 spiro atoms. The first kappa shape index (κ1) is 14.4. The molecule has 0 amide bonds. The summed E-state index contributed by atoms with van der Waals surface area (Å²) < 4.78 is 12.9. The molecule has 0 atom stereocenters. The fourth-order valence-corrected chi connectivity index (χ4v) is 2.49. The van der Waals surface area contributed by atoms with E-state index in [0.29, 0.717) is 27.6 Å². The van der Waals surface area contributed by atoms with E-state index in [4.69, 9.17) is 34.8 Å². The fourth-order valence-electron chi connectivity index (χ4n) is 1.66. The molecule has 19 heavy (non-hydrogen) atoms.